The number of nitrogens with one attached hydrogen (secondary N) is 1. The van der Waals surface area contributed by atoms with Gasteiger partial charge in [-0.05, 0) is 40.2 Å². The molecule has 7 heteroatoms. The average molecular weight is 388 g/mol. The van der Waals surface area contributed by atoms with Crippen LogP contribution >= 0.6 is 31.9 Å². The number of hydrogen-bond acceptors (Lipinski definition) is 4. The van der Waals surface area contributed by atoms with Crippen molar-refractivity contribution in [2.45, 2.75) is 0 Å². The summed E-state index contributed by atoms with van der Waals surface area (Å²) in [5.41, 5.74) is 2.41. The predicted octanol–water partition coefficient (Wildman–Crippen LogP) is 3.27. The number of amides is 1. The highest BCUT2D eigenvalue weighted by atomic mass is 79.9. The SMILES string of the molecule is O=C(N/N=C/c1ccco1)c1cc(Br)cc(Br)c1O. The maximum atomic E-state index is 11.8. The maximum Gasteiger partial charge on any atom is 0.275 e. The van der Waals surface area contributed by atoms with Crippen molar-refractivity contribution in [1.29, 1.82) is 0 Å². The van der Waals surface area contributed by atoms with Gasteiger partial charge >= 0.3 is 0 Å². The molecule has 0 unspecified atom stereocenters. The summed E-state index contributed by atoms with van der Waals surface area (Å²) in [5.74, 6) is -0.156. The molecule has 2 aromatic rings. The fourth-order valence-corrected chi connectivity index (χ4v) is 2.54. The highest BCUT2D eigenvalue weighted by Gasteiger charge is 2.14. The Morgan fingerprint density at radius 2 is 2.21 bits per heavy atom. The quantitative estimate of drug-likeness (QED) is 0.626. The summed E-state index contributed by atoms with van der Waals surface area (Å²) in [7, 11) is 0. The van der Waals surface area contributed by atoms with E-state index in [1.54, 1.807) is 18.2 Å². The van der Waals surface area contributed by atoms with E-state index in [0.29, 0.717) is 14.7 Å². The summed E-state index contributed by atoms with van der Waals surface area (Å²) in [5, 5.41) is 13.5. The van der Waals surface area contributed by atoms with Gasteiger partial charge in [-0.25, -0.2) is 5.43 Å². The molecule has 0 fully saturated rings. The third-order valence-electron chi connectivity index (χ3n) is 2.17. The lowest BCUT2D eigenvalue weighted by molar-refractivity contribution is 0.0952. The molecule has 1 aromatic carbocycles. The minimum atomic E-state index is -0.526. The van der Waals surface area contributed by atoms with Gasteiger partial charge < -0.3 is 9.52 Å². The van der Waals surface area contributed by atoms with Gasteiger partial charge in [0.05, 0.1) is 22.5 Å². The Labute approximate surface area is 125 Å². The standard InChI is InChI=1S/C12H8Br2N2O3/c13-7-4-9(11(17)10(14)5-7)12(18)16-15-6-8-2-1-3-19-8/h1-6,17H,(H,16,18)/b15-6+. The molecule has 0 radical (unpaired) electrons. The van der Waals surface area contributed by atoms with E-state index in [9.17, 15) is 9.90 Å². The van der Waals surface area contributed by atoms with E-state index >= 15 is 0 Å². The summed E-state index contributed by atoms with van der Waals surface area (Å²) in [6.07, 6.45) is 2.86. The Morgan fingerprint density at radius 3 is 2.89 bits per heavy atom. The van der Waals surface area contributed by atoms with Crippen LogP contribution in [-0.2, 0) is 0 Å². The van der Waals surface area contributed by atoms with Crippen molar-refractivity contribution in [3.8, 4) is 5.75 Å². The smallest absolute Gasteiger partial charge is 0.275 e. The van der Waals surface area contributed by atoms with Crippen LogP contribution in [0.5, 0.6) is 5.75 Å². The number of halogens is 2. The summed E-state index contributed by atoms with van der Waals surface area (Å²) in [4.78, 5) is 11.8. The van der Waals surface area contributed by atoms with Gasteiger partial charge in [-0.1, -0.05) is 15.9 Å². The Bertz CT molecular complexity index is 624. The first-order chi connectivity index (χ1) is 9.08. The van der Waals surface area contributed by atoms with Crippen LogP contribution in [0.1, 0.15) is 16.1 Å². The monoisotopic (exact) mass is 386 g/mol. The van der Waals surface area contributed by atoms with Crippen LogP contribution in [0.15, 0.2) is 49.0 Å². The van der Waals surface area contributed by atoms with Gasteiger partial charge in [0.1, 0.15) is 11.5 Å². The molecule has 98 valence electrons. The first-order valence-corrected chi connectivity index (χ1v) is 6.71. The fourth-order valence-electron chi connectivity index (χ4n) is 1.32. The molecule has 5 nitrogen and oxygen atoms in total. The number of hydrazone groups is 1. The van der Waals surface area contributed by atoms with Gasteiger partial charge in [0.15, 0.2) is 0 Å². The van der Waals surface area contributed by atoms with Gasteiger partial charge in [-0.2, -0.15) is 5.10 Å². The van der Waals surface area contributed by atoms with Gasteiger partial charge in [0, 0.05) is 4.47 Å². The lowest BCUT2D eigenvalue weighted by Crippen LogP contribution is -2.17. The van der Waals surface area contributed by atoms with Crippen LogP contribution in [0, 0.1) is 0 Å². The average Bonchev–Trinajstić information content (AvgIpc) is 2.86. The lowest BCUT2D eigenvalue weighted by atomic mass is 10.2. The van der Waals surface area contributed by atoms with E-state index < -0.39 is 5.91 Å². The number of carbonyl (C=O) groups is 1. The second-order valence-corrected chi connectivity index (χ2v) is 5.27. The number of phenolic OH excluding ortho intramolecular Hbond substituents is 1. The van der Waals surface area contributed by atoms with Crippen molar-refractivity contribution in [2.24, 2.45) is 5.10 Å². The molecule has 0 aliphatic carbocycles. The van der Waals surface area contributed by atoms with E-state index in [1.165, 1.54) is 18.5 Å². The van der Waals surface area contributed by atoms with Crippen molar-refractivity contribution < 1.29 is 14.3 Å². The second-order valence-electron chi connectivity index (χ2n) is 3.50. The topological polar surface area (TPSA) is 74.8 Å². The Morgan fingerprint density at radius 1 is 1.42 bits per heavy atom. The molecule has 0 saturated carbocycles. The van der Waals surface area contributed by atoms with E-state index in [1.807, 2.05) is 0 Å². The van der Waals surface area contributed by atoms with Gasteiger partial charge in [0.25, 0.3) is 5.91 Å². The number of carbonyl (C=O) groups excluding carboxylic acids is 1. The molecule has 1 amide bonds. The lowest BCUT2D eigenvalue weighted by Gasteiger charge is -2.05. The molecular formula is C12H8Br2N2O3. The number of benzene rings is 1. The number of rotatable bonds is 3. The van der Waals surface area contributed by atoms with Crippen molar-refractivity contribution in [3.63, 3.8) is 0 Å². The third kappa shape index (κ3) is 3.45. The van der Waals surface area contributed by atoms with Crippen LogP contribution in [0.3, 0.4) is 0 Å². The first-order valence-electron chi connectivity index (χ1n) is 5.13. The van der Waals surface area contributed by atoms with Crippen LogP contribution in [-0.4, -0.2) is 17.2 Å². The third-order valence-corrected chi connectivity index (χ3v) is 3.24. The maximum absolute atomic E-state index is 11.8. The van der Waals surface area contributed by atoms with E-state index in [4.69, 9.17) is 4.42 Å². The summed E-state index contributed by atoms with van der Waals surface area (Å²) in [6, 6.07) is 6.54. The summed E-state index contributed by atoms with van der Waals surface area (Å²) in [6.45, 7) is 0. The largest absolute Gasteiger partial charge is 0.506 e. The molecule has 1 aromatic heterocycles. The van der Waals surface area contributed by atoms with Crippen LogP contribution in [0.2, 0.25) is 0 Å². The Kier molecular flexibility index (Phi) is 4.39. The molecule has 0 bridgehead atoms. The molecule has 0 aliphatic heterocycles. The number of furan rings is 1. The van der Waals surface area contributed by atoms with E-state index in [-0.39, 0.29) is 11.3 Å². The fraction of sp³-hybridized carbons (Fsp3) is 0. The van der Waals surface area contributed by atoms with Gasteiger partial charge in [-0.15, -0.1) is 0 Å². The molecular weight excluding hydrogens is 380 g/mol. The number of aromatic hydroxyl groups is 1. The van der Waals surface area contributed by atoms with Crippen LogP contribution in [0.4, 0.5) is 0 Å². The highest BCUT2D eigenvalue weighted by Crippen LogP contribution is 2.31. The zero-order valence-electron chi connectivity index (χ0n) is 9.43. The highest BCUT2D eigenvalue weighted by molar-refractivity contribution is 9.11. The van der Waals surface area contributed by atoms with E-state index in [2.05, 4.69) is 42.4 Å². The number of nitrogens with zero attached hydrogens (tertiary/aromatic N) is 1. The molecule has 0 spiro atoms. The molecule has 1 heterocycles. The van der Waals surface area contributed by atoms with E-state index in [0.717, 1.165) is 0 Å². The van der Waals surface area contributed by atoms with Gasteiger partial charge in [0.2, 0.25) is 0 Å². The van der Waals surface area contributed by atoms with Crippen LogP contribution < -0.4 is 5.43 Å². The molecule has 2 N–H and O–H groups in total. The van der Waals surface area contributed by atoms with Crippen molar-refractivity contribution in [1.82, 2.24) is 5.43 Å². The zero-order valence-corrected chi connectivity index (χ0v) is 12.6. The molecule has 0 aliphatic rings. The summed E-state index contributed by atoms with van der Waals surface area (Å²) < 4.78 is 6.10. The minimum absolute atomic E-state index is 0.109. The summed E-state index contributed by atoms with van der Waals surface area (Å²) >= 11 is 6.39. The Balaban J connectivity index is 2.12. The normalized spacial score (nSPS) is 10.8. The molecule has 0 atom stereocenters. The Hall–Kier alpha value is -1.60. The molecule has 19 heavy (non-hydrogen) atoms. The van der Waals surface area contributed by atoms with Crippen molar-refractivity contribution in [2.75, 3.05) is 0 Å². The number of hydrogen-bond donors (Lipinski definition) is 2. The first kappa shape index (κ1) is 13.8. The second kappa shape index (κ2) is 6.03. The number of phenols is 1. The minimum Gasteiger partial charge on any atom is -0.506 e. The van der Waals surface area contributed by atoms with Gasteiger partial charge in [-0.3, -0.25) is 4.79 Å². The zero-order chi connectivity index (χ0) is 13.8. The van der Waals surface area contributed by atoms with Crippen molar-refractivity contribution in [3.05, 3.63) is 50.8 Å². The predicted molar refractivity (Wildman–Crippen MR) is 77.3 cm³/mol. The van der Waals surface area contributed by atoms with Crippen molar-refractivity contribution >= 4 is 44.0 Å². The molecule has 0 saturated heterocycles. The van der Waals surface area contributed by atoms with Crippen LogP contribution in [0.25, 0.3) is 0 Å². The molecule has 2 rings (SSSR count).